The van der Waals surface area contributed by atoms with E-state index in [1.165, 1.54) is 12.3 Å². The molecule has 0 saturated heterocycles. The molecule has 24 heavy (non-hydrogen) atoms. The van der Waals surface area contributed by atoms with Crippen LogP contribution < -0.4 is 5.32 Å². The van der Waals surface area contributed by atoms with Crippen molar-refractivity contribution in [1.29, 1.82) is 0 Å². The third-order valence-corrected chi connectivity index (χ3v) is 4.84. The van der Waals surface area contributed by atoms with Crippen LogP contribution in [0.2, 0.25) is 0 Å². The summed E-state index contributed by atoms with van der Waals surface area (Å²) >= 11 is 1.13. The fourth-order valence-electron chi connectivity index (χ4n) is 2.20. The SMILES string of the molecule is CC[C@H](C)[C@H](NC(=O)c1cnc(Cc2ccccc2F)s1)C(=O)O. The van der Waals surface area contributed by atoms with E-state index >= 15 is 0 Å². The number of aliphatic carboxylic acids is 1. The average Bonchev–Trinajstić information content (AvgIpc) is 3.02. The molecule has 2 aromatic rings. The molecule has 0 aliphatic heterocycles. The number of benzene rings is 1. The molecule has 128 valence electrons. The fraction of sp³-hybridized carbons (Fsp3) is 0.353. The van der Waals surface area contributed by atoms with Crippen molar-refractivity contribution in [3.05, 3.63) is 51.7 Å². The van der Waals surface area contributed by atoms with Crippen LogP contribution in [0.3, 0.4) is 0 Å². The molecule has 0 saturated carbocycles. The number of carboxylic acids is 1. The summed E-state index contributed by atoms with van der Waals surface area (Å²) in [7, 11) is 0. The Labute approximate surface area is 143 Å². The van der Waals surface area contributed by atoms with Crippen LogP contribution >= 0.6 is 11.3 Å². The van der Waals surface area contributed by atoms with E-state index in [2.05, 4.69) is 10.3 Å². The van der Waals surface area contributed by atoms with Crippen molar-refractivity contribution in [3.8, 4) is 0 Å². The molecule has 2 N–H and O–H groups in total. The van der Waals surface area contributed by atoms with Gasteiger partial charge in [0.2, 0.25) is 0 Å². The Hall–Kier alpha value is -2.28. The Morgan fingerprint density at radius 1 is 1.38 bits per heavy atom. The van der Waals surface area contributed by atoms with Gasteiger partial charge in [0.15, 0.2) is 0 Å². The zero-order chi connectivity index (χ0) is 17.7. The lowest BCUT2D eigenvalue weighted by Crippen LogP contribution is -2.44. The molecular weight excluding hydrogens is 331 g/mol. The number of carbonyl (C=O) groups is 2. The molecule has 0 radical (unpaired) electrons. The van der Waals surface area contributed by atoms with Crippen LogP contribution in [0.25, 0.3) is 0 Å². The van der Waals surface area contributed by atoms with Crippen LogP contribution in [0.1, 0.15) is 40.5 Å². The third-order valence-electron chi connectivity index (χ3n) is 3.84. The van der Waals surface area contributed by atoms with Crippen molar-refractivity contribution < 1.29 is 19.1 Å². The van der Waals surface area contributed by atoms with Gasteiger partial charge in [0.1, 0.15) is 16.7 Å². The Morgan fingerprint density at radius 2 is 2.08 bits per heavy atom. The Kier molecular flexibility index (Phi) is 6.03. The quantitative estimate of drug-likeness (QED) is 0.804. The van der Waals surface area contributed by atoms with E-state index < -0.39 is 17.9 Å². The molecule has 1 heterocycles. The summed E-state index contributed by atoms with van der Waals surface area (Å²) in [4.78, 5) is 28.0. The summed E-state index contributed by atoms with van der Waals surface area (Å²) in [5.41, 5.74) is 0.502. The molecule has 5 nitrogen and oxygen atoms in total. The Balaban J connectivity index is 2.08. The van der Waals surface area contributed by atoms with Gasteiger partial charge >= 0.3 is 5.97 Å². The molecule has 0 spiro atoms. The molecule has 0 fully saturated rings. The summed E-state index contributed by atoms with van der Waals surface area (Å²) in [5, 5.41) is 12.4. The lowest BCUT2D eigenvalue weighted by Gasteiger charge is -2.19. The van der Waals surface area contributed by atoms with E-state index in [1.54, 1.807) is 25.1 Å². The number of aromatic nitrogens is 1. The van der Waals surface area contributed by atoms with E-state index in [0.717, 1.165) is 11.3 Å². The maximum Gasteiger partial charge on any atom is 0.326 e. The average molecular weight is 350 g/mol. The van der Waals surface area contributed by atoms with Gasteiger partial charge in [0, 0.05) is 6.42 Å². The predicted octanol–water partition coefficient (Wildman–Crippen LogP) is 3.10. The fourth-order valence-corrected chi connectivity index (χ4v) is 3.04. The number of nitrogens with zero attached hydrogens (tertiary/aromatic N) is 1. The Morgan fingerprint density at radius 3 is 2.71 bits per heavy atom. The molecule has 7 heteroatoms. The minimum absolute atomic E-state index is 0.183. The van der Waals surface area contributed by atoms with Crippen LogP contribution in [0, 0.1) is 11.7 Å². The molecule has 1 aromatic heterocycles. The number of amides is 1. The minimum Gasteiger partial charge on any atom is -0.480 e. The first-order chi connectivity index (χ1) is 11.4. The van der Waals surface area contributed by atoms with Crippen LogP contribution in [0.5, 0.6) is 0 Å². The molecule has 0 bridgehead atoms. The first-order valence-corrected chi connectivity index (χ1v) is 8.45. The van der Waals surface area contributed by atoms with Crippen molar-refractivity contribution in [3.63, 3.8) is 0 Å². The largest absolute Gasteiger partial charge is 0.480 e. The van der Waals surface area contributed by atoms with Crippen LogP contribution in [-0.2, 0) is 11.2 Å². The van der Waals surface area contributed by atoms with Crippen LogP contribution in [0.15, 0.2) is 30.5 Å². The number of hydrogen-bond donors (Lipinski definition) is 2. The molecule has 0 aliphatic carbocycles. The van der Waals surface area contributed by atoms with E-state index in [0.29, 0.717) is 28.3 Å². The van der Waals surface area contributed by atoms with Gasteiger partial charge in [0.25, 0.3) is 5.91 Å². The van der Waals surface area contributed by atoms with Crippen molar-refractivity contribution in [2.75, 3.05) is 0 Å². The highest BCUT2D eigenvalue weighted by molar-refractivity contribution is 7.13. The highest BCUT2D eigenvalue weighted by Crippen LogP contribution is 2.19. The highest BCUT2D eigenvalue weighted by atomic mass is 32.1. The number of carboxylic acid groups (broad SMARTS) is 1. The molecule has 2 rings (SSSR count). The van der Waals surface area contributed by atoms with Gasteiger partial charge < -0.3 is 10.4 Å². The van der Waals surface area contributed by atoms with Gasteiger partial charge in [-0.05, 0) is 17.5 Å². The zero-order valence-electron chi connectivity index (χ0n) is 13.5. The molecule has 0 unspecified atom stereocenters. The maximum atomic E-state index is 13.7. The van der Waals surface area contributed by atoms with E-state index in [9.17, 15) is 19.1 Å². The predicted molar refractivity (Wildman–Crippen MR) is 89.7 cm³/mol. The highest BCUT2D eigenvalue weighted by Gasteiger charge is 2.26. The molecule has 2 atom stereocenters. The maximum absolute atomic E-state index is 13.7. The topological polar surface area (TPSA) is 79.3 Å². The van der Waals surface area contributed by atoms with Crippen molar-refractivity contribution in [1.82, 2.24) is 10.3 Å². The Bertz CT molecular complexity index is 732. The normalized spacial score (nSPS) is 13.3. The second kappa shape index (κ2) is 8.01. The summed E-state index contributed by atoms with van der Waals surface area (Å²) in [6.07, 6.45) is 2.32. The summed E-state index contributed by atoms with van der Waals surface area (Å²) < 4.78 is 13.7. The van der Waals surface area contributed by atoms with Gasteiger partial charge in [0.05, 0.1) is 11.2 Å². The van der Waals surface area contributed by atoms with Gasteiger partial charge in [-0.15, -0.1) is 11.3 Å². The van der Waals surface area contributed by atoms with Gasteiger partial charge in [-0.3, -0.25) is 4.79 Å². The summed E-state index contributed by atoms with van der Waals surface area (Å²) in [5.74, 6) is -2.03. The minimum atomic E-state index is -1.06. The lowest BCUT2D eigenvalue weighted by atomic mass is 9.99. The number of thiazole rings is 1. The number of hydrogen-bond acceptors (Lipinski definition) is 4. The zero-order valence-corrected chi connectivity index (χ0v) is 14.3. The molecular formula is C17H19FN2O3S. The van der Waals surface area contributed by atoms with Gasteiger partial charge in [-0.1, -0.05) is 38.5 Å². The number of nitrogens with one attached hydrogen (secondary N) is 1. The van der Waals surface area contributed by atoms with E-state index in [4.69, 9.17) is 0 Å². The second-order valence-corrected chi connectivity index (χ2v) is 6.68. The van der Waals surface area contributed by atoms with E-state index in [-0.39, 0.29) is 11.7 Å². The van der Waals surface area contributed by atoms with Gasteiger partial charge in [-0.2, -0.15) is 0 Å². The summed E-state index contributed by atoms with van der Waals surface area (Å²) in [6.45, 7) is 3.64. The standard InChI is InChI=1S/C17H19FN2O3S/c1-3-10(2)15(17(22)23)20-16(21)13-9-19-14(24-13)8-11-6-4-5-7-12(11)18/h4-7,9-10,15H,3,8H2,1-2H3,(H,20,21)(H,22,23)/t10-,15-/m0/s1. The van der Waals surface area contributed by atoms with Crippen molar-refractivity contribution >= 4 is 23.2 Å². The second-order valence-electron chi connectivity index (χ2n) is 5.56. The molecule has 0 aliphatic rings. The molecule has 1 aromatic carbocycles. The lowest BCUT2D eigenvalue weighted by molar-refractivity contribution is -0.140. The monoisotopic (exact) mass is 350 g/mol. The smallest absolute Gasteiger partial charge is 0.326 e. The van der Waals surface area contributed by atoms with Crippen molar-refractivity contribution in [2.24, 2.45) is 5.92 Å². The number of halogens is 1. The van der Waals surface area contributed by atoms with Gasteiger partial charge in [-0.25, -0.2) is 14.2 Å². The summed E-state index contributed by atoms with van der Waals surface area (Å²) in [6, 6.07) is 5.45. The number of rotatable bonds is 7. The first kappa shape index (κ1) is 18.1. The first-order valence-electron chi connectivity index (χ1n) is 7.64. The van der Waals surface area contributed by atoms with E-state index in [1.807, 2.05) is 6.92 Å². The molecule has 1 amide bonds. The third kappa shape index (κ3) is 4.38. The number of carbonyl (C=O) groups excluding carboxylic acids is 1. The van der Waals surface area contributed by atoms with Crippen LogP contribution in [0.4, 0.5) is 4.39 Å². The van der Waals surface area contributed by atoms with Crippen molar-refractivity contribution in [2.45, 2.75) is 32.7 Å². The van der Waals surface area contributed by atoms with Crippen LogP contribution in [-0.4, -0.2) is 28.0 Å².